The first-order chi connectivity index (χ1) is 12.0. The summed E-state index contributed by atoms with van der Waals surface area (Å²) in [5.74, 6) is 0.495. The summed E-state index contributed by atoms with van der Waals surface area (Å²) in [6.45, 7) is 4.11. The van der Waals surface area contributed by atoms with Gasteiger partial charge in [0.05, 0.1) is 12.1 Å². The van der Waals surface area contributed by atoms with Gasteiger partial charge in [-0.2, -0.15) is 0 Å². The molecule has 2 amide bonds. The number of anilines is 2. The number of benzene rings is 2. The average molecular weight is 338 g/mol. The van der Waals surface area contributed by atoms with E-state index in [0.29, 0.717) is 11.4 Å². The predicted octanol–water partition coefficient (Wildman–Crippen LogP) is 3.09. The highest BCUT2D eigenvalue weighted by Gasteiger charge is 2.22. The normalized spacial score (nSPS) is 13.2. The SMILES string of the molecule is CCc1cccc(C)c1NC(=O)Cc1ccc2c(c1)N(C)C(=O)CO2. The van der Waals surface area contributed by atoms with Crippen molar-refractivity contribution in [3.8, 4) is 5.75 Å². The van der Waals surface area contributed by atoms with Gasteiger partial charge in [0.1, 0.15) is 5.75 Å². The Labute approximate surface area is 147 Å². The molecule has 5 nitrogen and oxygen atoms in total. The van der Waals surface area contributed by atoms with Crippen molar-refractivity contribution in [3.63, 3.8) is 0 Å². The van der Waals surface area contributed by atoms with Crippen LogP contribution in [0.5, 0.6) is 5.75 Å². The number of ether oxygens (including phenoxy) is 1. The van der Waals surface area contributed by atoms with E-state index in [0.717, 1.165) is 28.8 Å². The lowest BCUT2D eigenvalue weighted by atomic mass is 10.0. The number of nitrogens with zero attached hydrogens (tertiary/aromatic N) is 1. The van der Waals surface area contributed by atoms with Gasteiger partial charge in [0.2, 0.25) is 5.91 Å². The molecule has 2 aromatic rings. The highest BCUT2D eigenvalue weighted by Crippen LogP contribution is 2.32. The number of carbonyl (C=O) groups is 2. The van der Waals surface area contributed by atoms with E-state index in [-0.39, 0.29) is 24.8 Å². The molecule has 1 N–H and O–H groups in total. The van der Waals surface area contributed by atoms with Crippen LogP contribution in [0, 0.1) is 6.92 Å². The van der Waals surface area contributed by atoms with Crippen molar-refractivity contribution in [2.75, 3.05) is 23.9 Å². The zero-order valence-corrected chi connectivity index (χ0v) is 14.8. The van der Waals surface area contributed by atoms with Crippen LogP contribution < -0.4 is 15.0 Å². The van der Waals surface area contributed by atoms with Gasteiger partial charge in [0, 0.05) is 12.7 Å². The smallest absolute Gasteiger partial charge is 0.264 e. The summed E-state index contributed by atoms with van der Waals surface area (Å²) < 4.78 is 5.42. The van der Waals surface area contributed by atoms with E-state index in [1.54, 1.807) is 11.9 Å². The minimum atomic E-state index is -0.0957. The number of carbonyl (C=O) groups excluding carboxylic acids is 2. The minimum absolute atomic E-state index is 0.0520. The number of hydrogen-bond donors (Lipinski definition) is 1. The Kier molecular flexibility index (Phi) is 4.74. The first kappa shape index (κ1) is 17.0. The van der Waals surface area contributed by atoms with Gasteiger partial charge in [-0.3, -0.25) is 9.59 Å². The number of para-hydroxylation sites is 1. The van der Waals surface area contributed by atoms with Crippen molar-refractivity contribution >= 4 is 23.2 Å². The number of likely N-dealkylation sites (N-methyl/N-ethyl adjacent to an activating group) is 1. The van der Waals surface area contributed by atoms with E-state index in [9.17, 15) is 9.59 Å². The third-order valence-corrected chi connectivity index (χ3v) is 4.48. The molecule has 0 fully saturated rings. The summed E-state index contributed by atoms with van der Waals surface area (Å²) in [7, 11) is 1.72. The molecule has 1 aliphatic heterocycles. The summed E-state index contributed by atoms with van der Waals surface area (Å²) in [4.78, 5) is 25.8. The molecule has 0 saturated carbocycles. The number of nitrogens with one attached hydrogen (secondary N) is 1. The van der Waals surface area contributed by atoms with Gasteiger partial charge in [-0.1, -0.05) is 31.2 Å². The molecule has 25 heavy (non-hydrogen) atoms. The van der Waals surface area contributed by atoms with Crippen LogP contribution in [0.2, 0.25) is 0 Å². The Bertz CT molecular complexity index is 830. The lowest BCUT2D eigenvalue weighted by Crippen LogP contribution is -2.35. The molecular weight excluding hydrogens is 316 g/mol. The summed E-state index contributed by atoms with van der Waals surface area (Å²) >= 11 is 0. The molecule has 130 valence electrons. The summed E-state index contributed by atoms with van der Waals surface area (Å²) in [6, 6.07) is 11.5. The molecule has 0 aromatic heterocycles. The molecular formula is C20H22N2O3. The van der Waals surface area contributed by atoms with E-state index >= 15 is 0 Å². The summed E-state index contributed by atoms with van der Waals surface area (Å²) in [5.41, 5.74) is 4.61. The zero-order chi connectivity index (χ0) is 18.0. The van der Waals surface area contributed by atoms with Gasteiger partial charge in [-0.05, 0) is 42.2 Å². The minimum Gasteiger partial charge on any atom is -0.482 e. The number of rotatable bonds is 4. The average Bonchev–Trinajstić information content (AvgIpc) is 2.60. The topological polar surface area (TPSA) is 58.6 Å². The predicted molar refractivity (Wildman–Crippen MR) is 98.2 cm³/mol. The van der Waals surface area contributed by atoms with Crippen molar-refractivity contribution in [2.24, 2.45) is 0 Å². The fraction of sp³-hybridized carbons (Fsp3) is 0.300. The van der Waals surface area contributed by atoms with Crippen molar-refractivity contribution in [1.82, 2.24) is 0 Å². The highest BCUT2D eigenvalue weighted by atomic mass is 16.5. The maximum atomic E-state index is 12.5. The molecule has 0 saturated heterocycles. The molecule has 3 rings (SSSR count). The molecule has 0 unspecified atom stereocenters. The van der Waals surface area contributed by atoms with Crippen LogP contribution in [-0.2, 0) is 22.4 Å². The molecule has 2 aromatic carbocycles. The fourth-order valence-corrected chi connectivity index (χ4v) is 3.00. The Morgan fingerprint density at radius 2 is 2.08 bits per heavy atom. The van der Waals surface area contributed by atoms with E-state index in [4.69, 9.17) is 4.74 Å². The number of fused-ring (bicyclic) bond motifs is 1. The van der Waals surface area contributed by atoms with Crippen LogP contribution in [0.4, 0.5) is 11.4 Å². The van der Waals surface area contributed by atoms with Crippen molar-refractivity contribution in [3.05, 3.63) is 53.1 Å². The van der Waals surface area contributed by atoms with Crippen LogP contribution >= 0.6 is 0 Å². The second kappa shape index (κ2) is 6.97. The summed E-state index contributed by atoms with van der Waals surface area (Å²) in [5, 5.41) is 3.03. The molecule has 0 aliphatic carbocycles. The van der Waals surface area contributed by atoms with E-state index in [2.05, 4.69) is 12.2 Å². The monoisotopic (exact) mass is 338 g/mol. The van der Waals surface area contributed by atoms with Crippen molar-refractivity contribution in [1.29, 1.82) is 0 Å². The van der Waals surface area contributed by atoms with Crippen LogP contribution in [0.1, 0.15) is 23.6 Å². The van der Waals surface area contributed by atoms with E-state index in [1.807, 2.05) is 43.3 Å². The standard InChI is InChI=1S/C20H22N2O3/c1-4-15-7-5-6-13(2)20(15)21-18(23)11-14-8-9-17-16(10-14)22(3)19(24)12-25-17/h5-10H,4,11-12H2,1-3H3,(H,21,23). The van der Waals surface area contributed by atoms with Gasteiger partial charge in [-0.15, -0.1) is 0 Å². The third kappa shape index (κ3) is 3.50. The first-order valence-corrected chi connectivity index (χ1v) is 8.40. The van der Waals surface area contributed by atoms with Crippen LogP contribution in [0.15, 0.2) is 36.4 Å². The maximum Gasteiger partial charge on any atom is 0.264 e. The number of amides is 2. The number of aryl methyl sites for hydroxylation is 2. The number of hydrogen-bond acceptors (Lipinski definition) is 3. The molecule has 1 heterocycles. The maximum absolute atomic E-state index is 12.5. The molecule has 0 radical (unpaired) electrons. The molecule has 0 spiro atoms. The Morgan fingerprint density at radius 1 is 1.28 bits per heavy atom. The molecule has 0 bridgehead atoms. The Morgan fingerprint density at radius 3 is 2.84 bits per heavy atom. The lowest BCUT2D eigenvalue weighted by molar-refractivity contribution is -0.121. The second-order valence-electron chi connectivity index (χ2n) is 6.23. The Hall–Kier alpha value is -2.82. The Balaban J connectivity index is 1.77. The lowest BCUT2D eigenvalue weighted by Gasteiger charge is -2.26. The van der Waals surface area contributed by atoms with E-state index < -0.39 is 0 Å². The highest BCUT2D eigenvalue weighted by molar-refractivity contribution is 5.98. The molecule has 1 aliphatic rings. The van der Waals surface area contributed by atoms with Crippen molar-refractivity contribution < 1.29 is 14.3 Å². The first-order valence-electron chi connectivity index (χ1n) is 8.40. The van der Waals surface area contributed by atoms with Crippen LogP contribution in [0.3, 0.4) is 0 Å². The summed E-state index contributed by atoms with van der Waals surface area (Å²) in [6.07, 6.45) is 1.10. The molecule has 0 atom stereocenters. The van der Waals surface area contributed by atoms with Gasteiger partial charge >= 0.3 is 0 Å². The third-order valence-electron chi connectivity index (χ3n) is 4.48. The van der Waals surface area contributed by atoms with Gasteiger partial charge < -0.3 is 15.0 Å². The van der Waals surface area contributed by atoms with Gasteiger partial charge in [0.15, 0.2) is 6.61 Å². The quantitative estimate of drug-likeness (QED) is 0.932. The van der Waals surface area contributed by atoms with Crippen LogP contribution in [0.25, 0.3) is 0 Å². The largest absolute Gasteiger partial charge is 0.482 e. The second-order valence-corrected chi connectivity index (χ2v) is 6.23. The van der Waals surface area contributed by atoms with Crippen LogP contribution in [-0.4, -0.2) is 25.5 Å². The fourth-order valence-electron chi connectivity index (χ4n) is 3.00. The van der Waals surface area contributed by atoms with Gasteiger partial charge in [0.25, 0.3) is 5.91 Å². The van der Waals surface area contributed by atoms with E-state index in [1.165, 1.54) is 0 Å². The van der Waals surface area contributed by atoms with Gasteiger partial charge in [-0.25, -0.2) is 0 Å². The van der Waals surface area contributed by atoms with Crippen molar-refractivity contribution in [2.45, 2.75) is 26.7 Å². The molecule has 5 heteroatoms. The zero-order valence-electron chi connectivity index (χ0n) is 14.8.